The van der Waals surface area contributed by atoms with Crippen molar-refractivity contribution in [3.63, 3.8) is 0 Å². The number of aromatic nitrogens is 4. The van der Waals surface area contributed by atoms with Gasteiger partial charge in [-0.15, -0.1) is 0 Å². The molecule has 0 spiro atoms. The molecule has 0 N–H and O–H groups in total. The summed E-state index contributed by atoms with van der Waals surface area (Å²) in [6.07, 6.45) is 5.58. The van der Waals surface area contributed by atoms with Crippen LogP contribution in [0.15, 0.2) is 36.5 Å². The average molecular weight is 490 g/mol. The third kappa shape index (κ3) is 4.94. The number of hydrogen-bond donors (Lipinski definition) is 0. The number of aryl methyl sites for hydroxylation is 2. The zero-order chi connectivity index (χ0) is 25.6. The van der Waals surface area contributed by atoms with E-state index >= 15 is 0 Å². The van der Waals surface area contributed by atoms with E-state index in [0.29, 0.717) is 18.7 Å². The highest BCUT2D eigenvalue weighted by molar-refractivity contribution is 5.94. The van der Waals surface area contributed by atoms with E-state index in [0.717, 1.165) is 48.5 Å². The lowest BCUT2D eigenvalue weighted by Gasteiger charge is -2.34. The lowest BCUT2D eigenvalue weighted by Crippen LogP contribution is -2.45. The Bertz CT molecular complexity index is 1280. The molecule has 1 amide bonds. The van der Waals surface area contributed by atoms with Gasteiger partial charge in [0.25, 0.3) is 5.91 Å². The molecule has 2 aromatic heterocycles. The summed E-state index contributed by atoms with van der Waals surface area (Å²) < 4.78 is 8.90. The SMILES string of the molecule is Cc1nc(C(=O)N(C2CC2)C2CCc3nn(C(=O)OC(C)(C)C)cc3C2)c(C)n1Cc1ccccc1. The molecular weight excluding hydrogens is 454 g/mol. The van der Waals surface area contributed by atoms with Crippen LogP contribution in [0.3, 0.4) is 0 Å². The molecule has 36 heavy (non-hydrogen) atoms. The summed E-state index contributed by atoms with van der Waals surface area (Å²) in [5.74, 6) is 0.859. The van der Waals surface area contributed by atoms with Crippen molar-refractivity contribution in [2.24, 2.45) is 0 Å². The zero-order valence-electron chi connectivity index (χ0n) is 21.8. The first kappa shape index (κ1) is 24.3. The second-order valence-corrected chi connectivity index (χ2v) is 11.0. The van der Waals surface area contributed by atoms with Gasteiger partial charge in [-0.2, -0.15) is 9.78 Å². The average Bonchev–Trinajstić information content (AvgIpc) is 3.49. The van der Waals surface area contributed by atoms with Crippen molar-refractivity contribution in [2.45, 2.75) is 91.0 Å². The Labute approximate surface area is 212 Å². The molecule has 2 aliphatic rings. The normalized spacial score (nSPS) is 17.5. The minimum atomic E-state index is -0.582. The van der Waals surface area contributed by atoms with Gasteiger partial charge in [0.15, 0.2) is 0 Å². The zero-order valence-corrected chi connectivity index (χ0v) is 21.8. The van der Waals surface area contributed by atoms with Crippen LogP contribution in [-0.4, -0.2) is 53.9 Å². The molecule has 3 aromatic rings. The van der Waals surface area contributed by atoms with E-state index < -0.39 is 11.7 Å². The van der Waals surface area contributed by atoms with E-state index in [-0.39, 0.29) is 18.0 Å². The van der Waals surface area contributed by atoms with Crippen LogP contribution in [0, 0.1) is 13.8 Å². The molecule has 8 nitrogen and oxygen atoms in total. The Balaban J connectivity index is 1.36. The van der Waals surface area contributed by atoms with Crippen LogP contribution >= 0.6 is 0 Å². The van der Waals surface area contributed by atoms with E-state index in [4.69, 9.17) is 9.72 Å². The number of rotatable bonds is 5. The Kier molecular flexibility index (Phi) is 6.22. The van der Waals surface area contributed by atoms with Crippen LogP contribution in [-0.2, 0) is 24.1 Å². The number of carbonyl (C=O) groups is 2. The van der Waals surface area contributed by atoms with Gasteiger partial charge in [-0.05, 0) is 77.8 Å². The predicted octanol–water partition coefficient (Wildman–Crippen LogP) is 4.69. The fourth-order valence-electron chi connectivity index (χ4n) is 5.11. The molecule has 190 valence electrons. The van der Waals surface area contributed by atoms with Gasteiger partial charge in [0.1, 0.15) is 17.1 Å². The van der Waals surface area contributed by atoms with Gasteiger partial charge in [0.2, 0.25) is 0 Å². The summed E-state index contributed by atoms with van der Waals surface area (Å²) in [5, 5.41) is 4.48. The lowest BCUT2D eigenvalue weighted by atomic mass is 9.92. The van der Waals surface area contributed by atoms with Crippen molar-refractivity contribution in [1.82, 2.24) is 24.2 Å². The van der Waals surface area contributed by atoms with E-state index in [1.54, 1.807) is 6.20 Å². The summed E-state index contributed by atoms with van der Waals surface area (Å²) in [4.78, 5) is 33.2. The molecule has 0 radical (unpaired) electrons. The van der Waals surface area contributed by atoms with Crippen molar-refractivity contribution in [1.29, 1.82) is 0 Å². The molecule has 0 aliphatic heterocycles. The molecule has 1 aromatic carbocycles. The number of carbonyl (C=O) groups excluding carboxylic acids is 2. The smallest absolute Gasteiger partial charge is 0.435 e. The monoisotopic (exact) mass is 489 g/mol. The van der Waals surface area contributed by atoms with E-state index in [1.807, 2.05) is 52.8 Å². The maximum Gasteiger partial charge on any atom is 0.435 e. The third-order valence-corrected chi connectivity index (χ3v) is 6.99. The molecule has 1 unspecified atom stereocenters. The fraction of sp³-hybridized carbons (Fsp3) is 0.500. The summed E-state index contributed by atoms with van der Waals surface area (Å²) in [7, 11) is 0. The topological polar surface area (TPSA) is 82.2 Å². The number of nitrogens with zero attached hydrogens (tertiary/aromatic N) is 5. The van der Waals surface area contributed by atoms with Gasteiger partial charge in [-0.25, -0.2) is 9.78 Å². The Morgan fingerprint density at radius 1 is 1.08 bits per heavy atom. The van der Waals surface area contributed by atoms with Crippen molar-refractivity contribution < 1.29 is 14.3 Å². The molecule has 1 atom stereocenters. The van der Waals surface area contributed by atoms with E-state index in [9.17, 15) is 9.59 Å². The first-order chi connectivity index (χ1) is 17.1. The molecule has 8 heteroatoms. The summed E-state index contributed by atoms with van der Waals surface area (Å²) in [6.45, 7) is 10.2. The fourth-order valence-corrected chi connectivity index (χ4v) is 5.11. The van der Waals surface area contributed by atoms with Gasteiger partial charge in [-0.3, -0.25) is 4.79 Å². The first-order valence-electron chi connectivity index (χ1n) is 12.8. The highest BCUT2D eigenvalue weighted by Gasteiger charge is 2.41. The number of amides is 1. The lowest BCUT2D eigenvalue weighted by molar-refractivity contribution is 0.0513. The van der Waals surface area contributed by atoms with Crippen molar-refractivity contribution in [3.8, 4) is 0 Å². The van der Waals surface area contributed by atoms with Crippen molar-refractivity contribution in [3.05, 3.63) is 70.6 Å². The van der Waals surface area contributed by atoms with Crippen LogP contribution in [0.4, 0.5) is 4.79 Å². The quantitative estimate of drug-likeness (QED) is 0.519. The number of fused-ring (bicyclic) bond motifs is 1. The minimum Gasteiger partial charge on any atom is -0.442 e. The van der Waals surface area contributed by atoms with Gasteiger partial charge in [-0.1, -0.05) is 30.3 Å². The summed E-state index contributed by atoms with van der Waals surface area (Å²) >= 11 is 0. The molecule has 1 fully saturated rings. The molecule has 0 saturated heterocycles. The van der Waals surface area contributed by atoms with Gasteiger partial charge in [0.05, 0.1) is 5.69 Å². The second kappa shape index (κ2) is 9.22. The Hall–Kier alpha value is -3.42. The van der Waals surface area contributed by atoms with Crippen molar-refractivity contribution in [2.75, 3.05) is 0 Å². The number of hydrogen-bond acceptors (Lipinski definition) is 5. The van der Waals surface area contributed by atoms with E-state index in [2.05, 4.69) is 26.7 Å². The number of benzene rings is 1. The third-order valence-electron chi connectivity index (χ3n) is 6.99. The Morgan fingerprint density at radius 2 is 1.81 bits per heavy atom. The summed E-state index contributed by atoms with van der Waals surface area (Å²) in [5.41, 5.74) is 3.98. The largest absolute Gasteiger partial charge is 0.442 e. The highest BCUT2D eigenvalue weighted by Crippen LogP contribution is 2.35. The Morgan fingerprint density at radius 3 is 2.47 bits per heavy atom. The molecule has 2 heterocycles. The first-order valence-corrected chi connectivity index (χ1v) is 12.8. The van der Waals surface area contributed by atoms with Crippen LogP contribution in [0.2, 0.25) is 0 Å². The second-order valence-electron chi connectivity index (χ2n) is 11.0. The van der Waals surface area contributed by atoms with Crippen LogP contribution in [0.25, 0.3) is 0 Å². The molecule has 2 aliphatic carbocycles. The maximum absolute atomic E-state index is 13.9. The van der Waals surface area contributed by atoms with Crippen LogP contribution < -0.4 is 0 Å². The van der Waals surface area contributed by atoms with Crippen LogP contribution in [0.5, 0.6) is 0 Å². The van der Waals surface area contributed by atoms with Gasteiger partial charge >= 0.3 is 6.09 Å². The highest BCUT2D eigenvalue weighted by atomic mass is 16.6. The van der Waals surface area contributed by atoms with Crippen LogP contribution in [0.1, 0.15) is 78.9 Å². The minimum absolute atomic E-state index is 0.0119. The maximum atomic E-state index is 13.9. The molecule has 1 saturated carbocycles. The van der Waals surface area contributed by atoms with Gasteiger partial charge < -0.3 is 14.2 Å². The van der Waals surface area contributed by atoms with Crippen molar-refractivity contribution >= 4 is 12.0 Å². The molecule has 0 bridgehead atoms. The molecule has 5 rings (SSSR count). The number of ether oxygens (including phenoxy) is 1. The van der Waals surface area contributed by atoms with Gasteiger partial charge in [0, 0.05) is 30.5 Å². The number of imidazole rings is 1. The predicted molar refractivity (Wildman–Crippen MR) is 136 cm³/mol. The summed E-state index contributed by atoms with van der Waals surface area (Å²) in [6, 6.07) is 10.6. The standard InChI is InChI=1S/C28H35N5O3/c1-18-25(29-19(2)31(18)16-20-9-7-6-8-10-20)26(34)33(22-11-12-22)23-13-14-24-21(15-23)17-32(30-24)27(35)36-28(3,4)5/h6-10,17,22-23H,11-16H2,1-5H3. The van der Waals surface area contributed by atoms with E-state index in [1.165, 1.54) is 10.2 Å². The molecular formula is C28H35N5O3.